The average molecular weight is 530 g/mol. The Morgan fingerprint density at radius 1 is 1.08 bits per heavy atom. The summed E-state index contributed by atoms with van der Waals surface area (Å²) in [4.78, 5) is 44.6. The zero-order valence-electron chi connectivity index (χ0n) is 22.9. The van der Waals surface area contributed by atoms with E-state index in [-0.39, 0.29) is 37.1 Å². The average Bonchev–Trinajstić information content (AvgIpc) is 3.52. The fourth-order valence-corrected chi connectivity index (χ4v) is 6.05. The van der Waals surface area contributed by atoms with Crippen molar-refractivity contribution in [2.75, 3.05) is 46.1 Å². The number of nitrogens with zero attached hydrogens (tertiary/aromatic N) is 3. The van der Waals surface area contributed by atoms with Gasteiger partial charge in [0.05, 0.1) is 12.5 Å². The highest BCUT2D eigenvalue weighted by molar-refractivity contribution is 5.79. The lowest BCUT2D eigenvalue weighted by Gasteiger charge is -2.32. The number of carbonyl (C=O) groups excluding carboxylic acids is 2. The zero-order chi connectivity index (χ0) is 27.1. The monoisotopic (exact) mass is 529 g/mol. The topological polar surface area (TPSA) is 99.6 Å². The molecule has 0 aliphatic carbocycles. The summed E-state index contributed by atoms with van der Waals surface area (Å²) < 4.78 is 11.0. The van der Waals surface area contributed by atoms with E-state index in [1.54, 1.807) is 0 Å². The molecule has 0 unspecified atom stereocenters. The highest BCUT2D eigenvalue weighted by atomic mass is 16.7. The smallest absolute Gasteiger partial charge is 0.308 e. The van der Waals surface area contributed by atoms with Crippen LogP contribution in [0, 0.1) is 5.92 Å². The Morgan fingerprint density at radius 2 is 1.82 bits per heavy atom. The van der Waals surface area contributed by atoms with Crippen LogP contribution >= 0.6 is 0 Å². The van der Waals surface area contributed by atoms with Gasteiger partial charge in [0.25, 0.3) is 0 Å². The standard InChI is InChI=1S/C29H43N3O6/c1-3-5-13-30(14-6-4-2)27(34)19-32-18-22(21-10-11-24-25(17-21)38-20-37-24)28(29(35)36)23(32)12-16-31-15-8-7-9-26(31)33/h10-11,17,22-23,28H,3-9,12-16,18-20H2,1-2H3,(H,35,36)/t22-,23+,28-/m1/s1. The summed E-state index contributed by atoms with van der Waals surface area (Å²) in [5.74, 6) is -0.371. The maximum atomic E-state index is 13.5. The molecule has 210 valence electrons. The van der Waals surface area contributed by atoms with Crippen LogP contribution in [0.3, 0.4) is 0 Å². The molecule has 1 aromatic carbocycles. The molecular formula is C29H43N3O6. The highest BCUT2D eigenvalue weighted by Crippen LogP contribution is 2.42. The fraction of sp³-hybridized carbons (Fsp3) is 0.690. The SMILES string of the molecule is CCCCN(CCCC)C(=O)CN1C[C@H](c2ccc3c(c2)OCO3)[C@@H](C(=O)O)[C@@H]1CCN1CCCCC1=O. The van der Waals surface area contributed by atoms with Gasteiger partial charge in [0, 0.05) is 51.1 Å². The second-order valence-electron chi connectivity index (χ2n) is 10.8. The van der Waals surface area contributed by atoms with Gasteiger partial charge in [-0.25, -0.2) is 0 Å². The molecule has 2 amide bonds. The molecule has 0 spiro atoms. The van der Waals surface area contributed by atoms with E-state index in [0.717, 1.165) is 63.7 Å². The first-order valence-corrected chi connectivity index (χ1v) is 14.3. The number of carbonyl (C=O) groups is 3. The number of unbranched alkanes of at least 4 members (excludes halogenated alkanes) is 2. The number of aliphatic carboxylic acids is 1. The number of carboxylic acid groups (broad SMARTS) is 1. The normalized spacial score (nSPS) is 23.2. The van der Waals surface area contributed by atoms with Crippen LogP contribution in [0.4, 0.5) is 0 Å². The molecule has 3 heterocycles. The van der Waals surface area contributed by atoms with E-state index in [9.17, 15) is 19.5 Å². The predicted molar refractivity (Wildman–Crippen MR) is 143 cm³/mol. The van der Waals surface area contributed by atoms with Crippen LogP contribution in [0.5, 0.6) is 11.5 Å². The van der Waals surface area contributed by atoms with Crippen LogP contribution in [0.1, 0.15) is 76.7 Å². The molecule has 0 saturated carbocycles. The van der Waals surface area contributed by atoms with Gasteiger partial charge in [0.15, 0.2) is 11.5 Å². The molecule has 1 N–H and O–H groups in total. The van der Waals surface area contributed by atoms with Crippen molar-refractivity contribution >= 4 is 17.8 Å². The summed E-state index contributed by atoms with van der Waals surface area (Å²) in [6.45, 7) is 7.74. The van der Waals surface area contributed by atoms with Crippen LogP contribution in [-0.2, 0) is 14.4 Å². The first kappa shape index (κ1) is 28.2. The Bertz CT molecular complexity index is 977. The van der Waals surface area contributed by atoms with E-state index in [4.69, 9.17) is 9.47 Å². The number of hydrogen-bond donors (Lipinski definition) is 1. The summed E-state index contributed by atoms with van der Waals surface area (Å²) in [6, 6.07) is 5.29. The third-order valence-electron chi connectivity index (χ3n) is 8.23. The van der Waals surface area contributed by atoms with Gasteiger partial charge in [-0.2, -0.15) is 0 Å². The molecule has 38 heavy (non-hydrogen) atoms. The van der Waals surface area contributed by atoms with Crippen molar-refractivity contribution in [1.29, 1.82) is 0 Å². The quantitative estimate of drug-likeness (QED) is 0.416. The van der Waals surface area contributed by atoms with Gasteiger partial charge in [-0.05, 0) is 49.8 Å². The van der Waals surface area contributed by atoms with Crippen LogP contribution in [0.2, 0.25) is 0 Å². The fourth-order valence-electron chi connectivity index (χ4n) is 6.05. The molecule has 1 aromatic rings. The van der Waals surface area contributed by atoms with E-state index in [1.165, 1.54) is 0 Å². The van der Waals surface area contributed by atoms with E-state index >= 15 is 0 Å². The molecule has 2 fully saturated rings. The second-order valence-corrected chi connectivity index (χ2v) is 10.8. The van der Waals surface area contributed by atoms with Gasteiger partial charge in [-0.15, -0.1) is 0 Å². The number of rotatable bonds is 13. The molecule has 9 heteroatoms. The maximum Gasteiger partial charge on any atom is 0.308 e. The van der Waals surface area contributed by atoms with E-state index in [1.807, 2.05) is 28.0 Å². The number of hydrogen-bond acceptors (Lipinski definition) is 6. The van der Waals surface area contributed by atoms with E-state index in [2.05, 4.69) is 18.7 Å². The molecule has 3 aliphatic rings. The van der Waals surface area contributed by atoms with Gasteiger partial charge >= 0.3 is 5.97 Å². The van der Waals surface area contributed by atoms with Gasteiger partial charge in [0.2, 0.25) is 18.6 Å². The van der Waals surface area contributed by atoms with Crippen molar-refractivity contribution in [3.63, 3.8) is 0 Å². The number of piperidine rings is 1. The van der Waals surface area contributed by atoms with Crippen LogP contribution in [0.25, 0.3) is 0 Å². The molecule has 3 atom stereocenters. The lowest BCUT2D eigenvalue weighted by molar-refractivity contribution is -0.144. The Kier molecular flexibility index (Phi) is 9.88. The summed E-state index contributed by atoms with van der Waals surface area (Å²) in [5.41, 5.74) is 0.879. The van der Waals surface area contributed by atoms with Crippen molar-refractivity contribution in [3.05, 3.63) is 23.8 Å². The highest BCUT2D eigenvalue weighted by Gasteiger charge is 2.47. The molecule has 0 bridgehead atoms. The van der Waals surface area contributed by atoms with Gasteiger partial charge in [0.1, 0.15) is 0 Å². The maximum absolute atomic E-state index is 13.5. The van der Waals surface area contributed by atoms with Gasteiger partial charge in [-0.1, -0.05) is 32.8 Å². The number of fused-ring (bicyclic) bond motifs is 1. The summed E-state index contributed by atoms with van der Waals surface area (Å²) in [6.07, 6.45) is 6.90. The predicted octanol–water partition coefficient (Wildman–Crippen LogP) is 3.72. The third-order valence-corrected chi connectivity index (χ3v) is 8.23. The Labute approximate surface area is 226 Å². The largest absolute Gasteiger partial charge is 0.481 e. The lowest BCUT2D eigenvalue weighted by Crippen LogP contribution is -2.46. The van der Waals surface area contributed by atoms with E-state index < -0.39 is 11.9 Å². The number of ether oxygens (including phenoxy) is 2. The van der Waals surface area contributed by atoms with Crippen molar-refractivity contribution in [2.24, 2.45) is 5.92 Å². The molecule has 3 aliphatic heterocycles. The molecular weight excluding hydrogens is 486 g/mol. The Morgan fingerprint density at radius 3 is 2.50 bits per heavy atom. The van der Waals surface area contributed by atoms with Crippen molar-refractivity contribution in [3.8, 4) is 11.5 Å². The van der Waals surface area contributed by atoms with Crippen LogP contribution < -0.4 is 9.47 Å². The van der Waals surface area contributed by atoms with Gasteiger partial charge in [-0.3, -0.25) is 19.3 Å². The number of carboxylic acids is 1. The second kappa shape index (κ2) is 13.3. The Balaban J connectivity index is 1.57. The molecule has 0 aromatic heterocycles. The van der Waals surface area contributed by atoms with Crippen molar-refractivity contribution in [2.45, 2.75) is 77.2 Å². The third kappa shape index (κ3) is 6.60. The number of amides is 2. The minimum atomic E-state index is -0.869. The summed E-state index contributed by atoms with van der Waals surface area (Å²) in [5, 5.41) is 10.4. The van der Waals surface area contributed by atoms with E-state index in [0.29, 0.717) is 37.4 Å². The van der Waals surface area contributed by atoms with Crippen molar-refractivity contribution in [1.82, 2.24) is 14.7 Å². The summed E-state index contributed by atoms with van der Waals surface area (Å²) >= 11 is 0. The molecule has 9 nitrogen and oxygen atoms in total. The molecule has 0 radical (unpaired) electrons. The first-order valence-electron chi connectivity index (χ1n) is 14.3. The first-order chi connectivity index (χ1) is 18.4. The minimum absolute atomic E-state index is 0.0569. The number of benzene rings is 1. The lowest BCUT2D eigenvalue weighted by atomic mass is 9.84. The van der Waals surface area contributed by atoms with Gasteiger partial charge < -0.3 is 24.4 Å². The number of likely N-dealkylation sites (tertiary alicyclic amines) is 2. The minimum Gasteiger partial charge on any atom is -0.481 e. The molecule has 4 rings (SSSR count). The summed E-state index contributed by atoms with van der Waals surface area (Å²) in [7, 11) is 0. The van der Waals surface area contributed by atoms with Crippen molar-refractivity contribution < 1.29 is 29.0 Å². The zero-order valence-corrected chi connectivity index (χ0v) is 22.9. The van der Waals surface area contributed by atoms with Crippen LogP contribution in [-0.4, -0.2) is 89.7 Å². The molecule has 2 saturated heterocycles. The van der Waals surface area contributed by atoms with Crippen LogP contribution in [0.15, 0.2) is 18.2 Å². The Hall–Kier alpha value is -2.81.